The average Bonchev–Trinajstić information content (AvgIpc) is 2.60. The highest BCUT2D eigenvalue weighted by molar-refractivity contribution is 5.92. The highest BCUT2D eigenvalue weighted by Gasteiger charge is 2.30. The van der Waals surface area contributed by atoms with Crippen molar-refractivity contribution < 1.29 is 9.18 Å². The summed E-state index contributed by atoms with van der Waals surface area (Å²) in [6.45, 7) is 4.25. The number of benzene rings is 1. The second-order valence-electron chi connectivity index (χ2n) is 7.61. The molecule has 0 radical (unpaired) electrons. The molecule has 0 spiro atoms. The molecule has 3 rings (SSSR count). The molecule has 2 aromatic rings. The Morgan fingerprint density at radius 1 is 1.27 bits per heavy atom. The highest BCUT2D eigenvalue weighted by atomic mass is 19.1. The molecule has 2 heterocycles. The lowest BCUT2D eigenvalue weighted by Crippen LogP contribution is -2.52. The van der Waals surface area contributed by atoms with E-state index < -0.39 is 0 Å². The predicted octanol–water partition coefficient (Wildman–Crippen LogP) is 2.61. The molecule has 1 aliphatic rings. The van der Waals surface area contributed by atoms with Crippen molar-refractivity contribution in [1.29, 1.82) is 0 Å². The molecule has 5 nitrogen and oxygen atoms in total. The summed E-state index contributed by atoms with van der Waals surface area (Å²) in [7, 11) is 5.69. The van der Waals surface area contributed by atoms with E-state index in [0.717, 1.165) is 30.6 Å². The van der Waals surface area contributed by atoms with Gasteiger partial charge in [-0.25, -0.2) is 4.39 Å². The zero-order valence-electron chi connectivity index (χ0n) is 15.9. The third-order valence-corrected chi connectivity index (χ3v) is 5.07. The van der Waals surface area contributed by atoms with Gasteiger partial charge in [0.1, 0.15) is 11.3 Å². The summed E-state index contributed by atoms with van der Waals surface area (Å²) in [4.78, 5) is 22.7. The number of rotatable bonds is 4. The number of hydrogen-bond donors (Lipinski definition) is 0. The summed E-state index contributed by atoms with van der Waals surface area (Å²) >= 11 is 0. The summed E-state index contributed by atoms with van der Waals surface area (Å²) in [6, 6.07) is 7.21. The Kier molecular flexibility index (Phi) is 5.41. The van der Waals surface area contributed by atoms with Crippen LogP contribution in [0.5, 0.6) is 0 Å². The van der Waals surface area contributed by atoms with Crippen molar-refractivity contribution in [2.75, 3.05) is 45.7 Å². The van der Waals surface area contributed by atoms with Crippen LogP contribution in [-0.4, -0.2) is 67.5 Å². The van der Waals surface area contributed by atoms with Crippen LogP contribution in [0.1, 0.15) is 13.3 Å². The monoisotopic (exact) mass is 358 g/mol. The Labute approximate surface area is 154 Å². The number of hydrogen-bond acceptors (Lipinski definition) is 4. The van der Waals surface area contributed by atoms with Crippen LogP contribution in [0.4, 0.5) is 10.1 Å². The zero-order chi connectivity index (χ0) is 18.8. The van der Waals surface area contributed by atoms with E-state index in [0.29, 0.717) is 18.0 Å². The highest BCUT2D eigenvalue weighted by Crippen LogP contribution is 2.31. The van der Waals surface area contributed by atoms with Crippen LogP contribution < -0.4 is 4.90 Å². The zero-order valence-corrected chi connectivity index (χ0v) is 15.9. The van der Waals surface area contributed by atoms with Gasteiger partial charge in [-0.1, -0.05) is 6.92 Å². The number of fused-ring (bicyclic) bond motifs is 1. The van der Waals surface area contributed by atoms with E-state index in [2.05, 4.69) is 16.8 Å². The van der Waals surface area contributed by atoms with E-state index in [1.54, 1.807) is 6.20 Å². The molecule has 1 aromatic heterocycles. The fraction of sp³-hybridized carbons (Fsp3) is 0.500. The maximum absolute atomic E-state index is 14.1. The Morgan fingerprint density at radius 2 is 2.04 bits per heavy atom. The second kappa shape index (κ2) is 7.58. The fourth-order valence-electron chi connectivity index (χ4n) is 3.78. The van der Waals surface area contributed by atoms with Crippen molar-refractivity contribution in [2.24, 2.45) is 5.92 Å². The molecule has 6 heteroatoms. The topological polar surface area (TPSA) is 39.7 Å². The summed E-state index contributed by atoms with van der Waals surface area (Å²) < 4.78 is 14.1. The van der Waals surface area contributed by atoms with Gasteiger partial charge in [0.05, 0.1) is 6.54 Å². The number of piperidine rings is 1. The number of carbonyl (C=O) groups is 1. The van der Waals surface area contributed by atoms with Crippen molar-refractivity contribution in [1.82, 2.24) is 14.8 Å². The molecule has 1 fully saturated rings. The lowest BCUT2D eigenvalue weighted by molar-refractivity contribution is -0.132. The average molecular weight is 358 g/mol. The molecule has 0 aliphatic carbocycles. The fourth-order valence-corrected chi connectivity index (χ4v) is 3.78. The number of pyridine rings is 1. The first-order valence-electron chi connectivity index (χ1n) is 9.05. The largest absolute Gasteiger partial charge is 0.369 e. The molecule has 0 bridgehead atoms. The SMILES string of the molecule is C[C@H]1C[C@@H](N(C)C(=O)CN(C)C)CN(c2ccc(F)c3ncccc23)C1. The van der Waals surface area contributed by atoms with Gasteiger partial charge < -0.3 is 14.7 Å². The molecule has 1 aliphatic heterocycles. The van der Waals surface area contributed by atoms with Gasteiger partial charge in [0.25, 0.3) is 0 Å². The first-order chi connectivity index (χ1) is 12.4. The minimum Gasteiger partial charge on any atom is -0.369 e. The first kappa shape index (κ1) is 18.6. The van der Waals surface area contributed by atoms with E-state index in [1.165, 1.54) is 6.07 Å². The normalized spacial score (nSPS) is 20.6. The Balaban J connectivity index is 1.87. The van der Waals surface area contributed by atoms with E-state index in [1.807, 2.05) is 49.1 Å². The van der Waals surface area contributed by atoms with Gasteiger partial charge in [-0.05, 0) is 50.7 Å². The van der Waals surface area contributed by atoms with Crippen LogP contribution in [0.3, 0.4) is 0 Å². The van der Waals surface area contributed by atoms with Gasteiger partial charge in [-0.15, -0.1) is 0 Å². The van der Waals surface area contributed by atoms with Gasteiger partial charge >= 0.3 is 0 Å². The van der Waals surface area contributed by atoms with Crippen LogP contribution in [0.2, 0.25) is 0 Å². The number of halogens is 1. The van der Waals surface area contributed by atoms with Crippen molar-refractivity contribution in [3.05, 3.63) is 36.3 Å². The number of nitrogens with zero attached hydrogens (tertiary/aromatic N) is 4. The van der Waals surface area contributed by atoms with E-state index >= 15 is 0 Å². The second-order valence-corrected chi connectivity index (χ2v) is 7.61. The summed E-state index contributed by atoms with van der Waals surface area (Å²) in [5.74, 6) is 0.268. The molecular weight excluding hydrogens is 331 g/mol. The van der Waals surface area contributed by atoms with Crippen LogP contribution in [0.25, 0.3) is 10.9 Å². The van der Waals surface area contributed by atoms with Crippen LogP contribution >= 0.6 is 0 Å². The third kappa shape index (κ3) is 3.80. The van der Waals surface area contributed by atoms with Gasteiger partial charge in [0.2, 0.25) is 5.91 Å². The minimum atomic E-state index is -0.302. The summed E-state index contributed by atoms with van der Waals surface area (Å²) in [5, 5.41) is 0.822. The molecule has 140 valence electrons. The van der Waals surface area contributed by atoms with Crippen molar-refractivity contribution in [3.8, 4) is 0 Å². The first-order valence-corrected chi connectivity index (χ1v) is 9.05. The number of carbonyl (C=O) groups excluding carboxylic acids is 1. The lowest BCUT2D eigenvalue weighted by Gasteiger charge is -2.42. The van der Waals surface area contributed by atoms with Gasteiger partial charge in [-0.2, -0.15) is 0 Å². The molecule has 1 amide bonds. The minimum absolute atomic E-state index is 0.125. The number of anilines is 1. The molecule has 26 heavy (non-hydrogen) atoms. The van der Waals surface area contributed by atoms with Crippen LogP contribution in [0.15, 0.2) is 30.5 Å². The molecule has 0 unspecified atom stereocenters. The van der Waals surface area contributed by atoms with E-state index in [-0.39, 0.29) is 17.8 Å². The number of amides is 1. The van der Waals surface area contributed by atoms with Gasteiger partial charge in [-0.3, -0.25) is 9.78 Å². The van der Waals surface area contributed by atoms with E-state index in [9.17, 15) is 9.18 Å². The predicted molar refractivity (Wildman–Crippen MR) is 103 cm³/mol. The van der Waals surface area contributed by atoms with E-state index in [4.69, 9.17) is 0 Å². The molecule has 1 aromatic carbocycles. The Hall–Kier alpha value is -2.21. The molecule has 0 saturated carbocycles. The summed E-state index contributed by atoms with van der Waals surface area (Å²) in [5.41, 5.74) is 1.39. The van der Waals surface area contributed by atoms with Crippen molar-refractivity contribution in [3.63, 3.8) is 0 Å². The smallest absolute Gasteiger partial charge is 0.236 e. The Bertz CT molecular complexity index is 794. The van der Waals surface area contributed by atoms with Crippen molar-refractivity contribution in [2.45, 2.75) is 19.4 Å². The molecule has 0 N–H and O–H groups in total. The van der Waals surface area contributed by atoms with Crippen molar-refractivity contribution >= 4 is 22.5 Å². The van der Waals surface area contributed by atoms with Gasteiger partial charge in [0, 0.05) is 43.4 Å². The van der Waals surface area contributed by atoms with Gasteiger partial charge in [0.15, 0.2) is 0 Å². The number of aromatic nitrogens is 1. The molecular formula is C20H27FN4O. The maximum Gasteiger partial charge on any atom is 0.236 e. The summed E-state index contributed by atoms with van der Waals surface area (Å²) in [6.07, 6.45) is 2.59. The van der Waals surface area contributed by atoms with Crippen LogP contribution in [-0.2, 0) is 4.79 Å². The lowest BCUT2D eigenvalue weighted by atomic mass is 9.94. The molecule has 1 saturated heterocycles. The Morgan fingerprint density at radius 3 is 2.77 bits per heavy atom. The quantitative estimate of drug-likeness (QED) is 0.842. The third-order valence-electron chi connectivity index (χ3n) is 5.07. The standard InChI is InChI=1S/C20H27FN4O/c1-14-10-15(24(4)19(26)13-23(2)3)12-25(11-14)18-8-7-17(21)20-16(18)6-5-9-22-20/h5-9,14-15H,10-13H2,1-4H3/t14-,15+/m0/s1. The molecule has 2 atom stereocenters. The number of likely N-dealkylation sites (N-methyl/N-ethyl adjacent to an activating group) is 2. The van der Waals surface area contributed by atoms with Crippen LogP contribution in [0, 0.1) is 11.7 Å². The maximum atomic E-state index is 14.1.